The largest absolute Gasteiger partial charge is 0.369 e. The molecule has 2 aliphatic rings. The highest BCUT2D eigenvalue weighted by atomic mass is 32.2. The third-order valence-corrected chi connectivity index (χ3v) is 5.20. The molecule has 0 saturated carbocycles. The van der Waals surface area contributed by atoms with E-state index in [0.717, 1.165) is 13.0 Å². The van der Waals surface area contributed by atoms with Gasteiger partial charge in [-0.3, -0.25) is 4.99 Å². The minimum absolute atomic E-state index is 0.269. The summed E-state index contributed by atoms with van der Waals surface area (Å²) in [4.78, 5) is 6.48. The van der Waals surface area contributed by atoms with Crippen LogP contribution >= 0.6 is 0 Å². The fourth-order valence-corrected chi connectivity index (χ4v) is 3.78. The Morgan fingerprint density at radius 3 is 2.72 bits per heavy atom. The molecule has 0 bridgehead atoms. The number of aliphatic imine (C=N–C) groups is 1. The van der Waals surface area contributed by atoms with Crippen LogP contribution < -0.4 is 4.90 Å². The molecule has 96 valence electrons. The Morgan fingerprint density at radius 1 is 1.17 bits per heavy atom. The highest BCUT2D eigenvalue weighted by Gasteiger charge is 2.24. The van der Waals surface area contributed by atoms with Crippen molar-refractivity contribution >= 4 is 21.7 Å². The van der Waals surface area contributed by atoms with Gasteiger partial charge in [0.05, 0.1) is 11.5 Å². The zero-order valence-electron chi connectivity index (χ0n) is 10.2. The molecule has 0 atom stereocenters. The first-order valence-electron chi connectivity index (χ1n) is 6.23. The summed E-state index contributed by atoms with van der Waals surface area (Å²) in [7, 11) is -2.81. The van der Waals surface area contributed by atoms with Crippen LogP contribution in [0.15, 0.2) is 23.2 Å². The van der Waals surface area contributed by atoms with Gasteiger partial charge in [0.15, 0.2) is 9.84 Å². The van der Waals surface area contributed by atoms with Crippen molar-refractivity contribution < 1.29 is 8.42 Å². The van der Waals surface area contributed by atoms with E-state index in [9.17, 15) is 8.42 Å². The second-order valence-corrected chi connectivity index (χ2v) is 7.07. The van der Waals surface area contributed by atoms with Crippen molar-refractivity contribution in [2.45, 2.75) is 6.42 Å². The van der Waals surface area contributed by atoms with Gasteiger partial charge in [-0.15, -0.1) is 0 Å². The van der Waals surface area contributed by atoms with Gasteiger partial charge in [0.25, 0.3) is 0 Å². The standard InChI is InChI=1S/C13H16N2O2S/c16-18(17)8-6-15(7-9-18)13-3-1-2-11-10-14-5-4-12(11)13/h1-3,10H,4-9H2. The van der Waals surface area contributed by atoms with E-state index in [1.54, 1.807) is 0 Å². The fourth-order valence-electron chi connectivity index (χ4n) is 2.57. The zero-order chi connectivity index (χ0) is 12.6. The number of nitrogens with zero attached hydrogens (tertiary/aromatic N) is 2. The van der Waals surface area contributed by atoms with Crippen LogP contribution in [0.4, 0.5) is 5.69 Å². The van der Waals surface area contributed by atoms with E-state index in [2.05, 4.69) is 22.0 Å². The first kappa shape index (κ1) is 11.7. The van der Waals surface area contributed by atoms with Gasteiger partial charge >= 0.3 is 0 Å². The number of sulfone groups is 1. The molecule has 2 heterocycles. The van der Waals surface area contributed by atoms with Gasteiger partial charge in [-0.25, -0.2) is 8.42 Å². The number of rotatable bonds is 1. The maximum Gasteiger partial charge on any atom is 0.153 e. The van der Waals surface area contributed by atoms with E-state index in [0.29, 0.717) is 13.1 Å². The molecule has 3 rings (SSSR count). The minimum Gasteiger partial charge on any atom is -0.369 e. The second-order valence-electron chi connectivity index (χ2n) is 4.77. The summed E-state index contributed by atoms with van der Waals surface area (Å²) in [6.07, 6.45) is 2.87. The Hall–Kier alpha value is -1.36. The molecule has 0 aliphatic carbocycles. The van der Waals surface area contributed by atoms with Crippen LogP contribution in [-0.4, -0.2) is 45.8 Å². The Morgan fingerprint density at radius 2 is 1.94 bits per heavy atom. The summed E-state index contributed by atoms with van der Waals surface area (Å²) in [6.45, 7) is 2.04. The molecule has 2 aliphatic heterocycles. The number of fused-ring (bicyclic) bond motifs is 1. The van der Waals surface area contributed by atoms with Crippen LogP contribution in [0.2, 0.25) is 0 Å². The van der Waals surface area contributed by atoms with Crippen molar-refractivity contribution in [2.75, 3.05) is 36.0 Å². The predicted octanol–water partition coefficient (Wildman–Crippen LogP) is 0.896. The molecule has 0 spiro atoms. The summed E-state index contributed by atoms with van der Waals surface area (Å²) in [5.74, 6) is 0.537. The van der Waals surface area contributed by atoms with Crippen molar-refractivity contribution in [3.8, 4) is 0 Å². The second kappa shape index (κ2) is 4.39. The highest BCUT2D eigenvalue weighted by molar-refractivity contribution is 7.91. The van der Waals surface area contributed by atoms with Gasteiger partial charge in [0, 0.05) is 31.5 Å². The molecule has 1 fully saturated rings. The summed E-state index contributed by atoms with van der Waals surface area (Å²) >= 11 is 0. The van der Waals surface area contributed by atoms with Crippen molar-refractivity contribution in [1.82, 2.24) is 0 Å². The van der Waals surface area contributed by atoms with E-state index in [1.165, 1.54) is 16.8 Å². The van der Waals surface area contributed by atoms with Gasteiger partial charge in [-0.2, -0.15) is 0 Å². The summed E-state index contributed by atoms with van der Waals surface area (Å²) < 4.78 is 22.9. The van der Waals surface area contributed by atoms with Gasteiger partial charge < -0.3 is 4.90 Å². The molecule has 18 heavy (non-hydrogen) atoms. The molecule has 0 radical (unpaired) electrons. The molecule has 1 aromatic carbocycles. The first-order valence-corrected chi connectivity index (χ1v) is 8.05. The highest BCUT2D eigenvalue weighted by Crippen LogP contribution is 2.27. The maximum atomic E-state index is 11.5. The van der Waals surface area contributed by atoms with Gasteiger partial charge in [0.2, 0.25) is 0 Å². The van der Waals surface area contributed by atoms with E-state index in [1.807, 2.05) is 12.3 Å². The molecule has 5 heteroatoms. The molecule has 0 N–H and O–H groups in total. The lowest BCUT2D eigenvalue weighted by molar-refractivity contribution is 0.586. The Kier molecular flexibility index (Phi) is 2.86. The monoisotopic (exact) mass is 264 g/mol. The predicted molar refractivity (Wildman–Crippen MR) is 73.5 cm³/mol. The van der Waals surface area contributed by atoms with Crippen LogP contribution in [0, 0.1) is 0 Å². The maximum absolute atomic E-state index is 11.5. The molecule has 1 saturated heterocycles. The average Bonchev–Trinajstić information content (AvgIpc) is 2.38. The van der Waals surface area contributed by atoms with Gasteiger partial charge in [0.1, 0.15) is 0 Å². The topological polar surface area (TPSA) is 49.7 Å². The smallest absolute Gasteiger partial charge is 0.153 e. The molecular weight excluding hydrogens is 248 g/mol. The lowest BCUT2D eigenvalue weighted by Crippen LogP contribution is -2.40. The van der Waals surface area contributed by atoms with Crippen LogP contribution in [-0.2, 0) is 16.3 Å². The van der Waals surface area contributed by atoms with Crippen LogP contribution in [0.3, 0.4) is 0 Å². The molecule has 4 nitrogen and oxygen atoms in total. The molecule has 0 aromatic heterocycles. The number of benzene rings is 1. The van der Waals surface area contributed by atoms with E-state index in [4.69, 9.17) is 0 Å². The third kappa shape index (κ3) is 2.14. The minimum atomic E-state index is -2.81. The molecule has 0 amide bonds. The van der Waals surface area contributed by atoms with Crippen LogP contribution in [0.1, 0.15) is 11.1 Å². The van der Waals surface area contributed by atoms with Crippen molar-refractivity contribution in [3.63, 3.8) is 0 Å². The normalized spacial score (nSPS) is 21.7. The van der Waals surface area contributed by atoms with Crippen LogP contribution in [0.5, 0.6) is 0 Å². The summed E-state index contributed by atoms with van der Waals surface area (Å²) in [5, 5.41) is 0. The molecule has 0 unspecified atom stereocenters. The van der Waals surface area contributed by atoms with Crippen molar-refractivity contribution in [2.24, 2.45) is 4.99 Å². The fraction of sp³-hybridized carbons (Fsp3) is 0.462. The van der Waals surface area contributed by atoms with Gasteiger partial charge in [-0.05, 0) is 23.6 Å². The van der Waals surface area contributed by atoms with Crippen molar-refractivity contribution in [1.29, 1.82) is 0 Å². The number of hydrogen-bond acceptors (Lipinski definition) is 4. The summed E-state index contributed by atoms with van der Waals surface area (Å²) in [5.41, 5.74) is 3.67. The third-order valence-electron chi connectivity index (χ3n) is 3.59. The van der Waals surface area contributed by atoms with E-state index in [-0.39, 0.29) is 11.5 Å². The van der Waals surface area contributed by atoms with E-state index < -0.39 is 9.84 Å². The summed E-state index contributed by atoms with van der Waals surface area (Å²) in [6, 6.07) is 6.19. The van der Waals surface area contributed by atoms with Gasteiger partial charge in [-0.1, -0.05) is 12.1 Å². The quantitative estimate of drug-likeness (QED) is 0.757. The number of anilines is 1. The zero-order valence-corrected chi connectivity index (χ0v) is 11.0. The van der Waals surface area contributed by atoms with Crippen molar-refractivity contribution in [3.05, 3.63) is 29.3 Å². The Bertz CT molecular complexity index is 579. The molecular formula is C13H16N2O2S. The van der Waals surface area contributed by atoms with Crippen LogP contribution in [0.25, 0.3) is 0 Å². The lowest BCUT2D eigenvalue weighted by atomic mass is 10.00. The lowest BCUT2D eigenvalue weighted by Gasteiger charge is -2.31. The average molecular weight is 264 g/mol. The Balaban J connectivity index is 1.92. The molecule has 1 aromatic rings. The SMILES string of the molecule is O=S1(=O)CCN(c2cccc3c2CCN=C3)CC1. The first-order chi connectivity index (χ1) is 8.66. The van der Waals surface area contributed by atoms with E-state index >= 15 is 0 Å². The number of hydrogen-bond donors (Lipinski definition) is 0. The Labute approximate surface area is 107 Å².